The zero-order valence-corrected chi connectivity index (χ0v) is 10.1. The van der Waals surface area contributed by atoms with E-state index in [0.29, 0.717) is 25.3 Å². The molecule has 18 heavy (non-hydrogen) atoms. The van der Waals surface area contributed by atoms with Crippen LogP contribution in [-0.4, -0.2) is 36.8 Å². The zero-order valence-electron chi connectivity index (χ0n) is 10.1. The average Bonchev–Trinajstić information content (AvgIpc) is 2.39. The largest absolute Gasteiger partial charge is 0.409 e. The molecule has 0 aromatic heterocycles. The van der Waals surface area contributed by atoms with Crippen LogP contribution >= 0.6 is 0 Å². The fourth-order valence-electron chi connectivity index (χ4n) is 2.10. The molecule has 0 aliphatic carbocycles. The Morgan fingerprint density at radius 2 is 2.39 bits per heavy atom. The van der Waals surface area contributed by atoms with E-state index in [2.05, 4.69) is 10.1 Å². The van der Waals surface area contributed by atoms with Crippen molar-refractivity contribution >= 4 is 11.5 Å². The third-order valence-corrected chi connectivity index (χ3v) is 3.02. The van der Waals surface area contributed by atoms with Gasteiger partial charge in [0.1, 0.15) is 5.82 Å². The molecule has 5 nitrogen and oxygen atoms in total. The number of nitrogens with zero attached hydrogens (tertiary/aromatic N) is 2. The summed E-state index contributed by atoms with van der Waals surface area (Å²) in [5.41, 5.74) is 6.74. The quantitative estimate of drug-likeness (QED) is 0.359. The van der Waals surface area contributed by atoms with E-state index < -0.39 is 5.82 Å². The Morgan fingerprint density at radius 3 is 3.06 bits per heavy atom. The number of halogens is 1. The summed E-state index contributed by atoms with van der Waals surface area (Å²) in [6, 6.07) is 4.44. The number of hydrogen-bond acceptors (Lipinski definition) is 4. The van der Waals surface area contributed by atoms with Crippen LogP contribution in [0.15, 0.2) is 23.4 Å². The van der Waals surface area contributed by atoms with Crippen LogP contribution in [0, 0.1) is 5.82 Å². The summed E-state index contributed by atoms with van der Waals surface area (Å²) in [6.07, 6.45) is 0. The Kier molecular flexibility index (Phi) is 3.66. The van der Waals surface area contributed by atoms with E-state index in [4.69, 9.17) is 15.7 Å². The Bertz CT molecular complexity index is 465. The minimum absolute atomic E-state index is 0.0943. The van der Waals surface area contributed by atoms with Gasteiger partial charge in [-0.1, -0.05) is 5.16 Å². The van der Waals surface area contributed by atoms with E-state index in [1.807, 2.05) is 6.92 Å². The summed E-state index contributed by atoms with van der Waals surface area (Å²) < 4.78 is 18.6. The van der Waals surface area contributed by atoms with Gasteiger partial charge in [-0.25, -0.2) is 4.39 Å². The van der Waals surface area contributed by atoms with Crippen LogP contribution in [0.1, 0.15) is 12.5 Å². The third kappa shape index (κ3) is 2.38. The maximum absolute atomic E-state index is 13.3. The predicted octanol–water partition coefficient (Wildman–Crippen LogP) is 1.15. The van der Waals surface area contributed by atoms with Crippen LogP contribution in [0.25, 0.3) is 0 Å². The molecule has 1 atom stereocenters. The van der Waals surface area contributed by atoms with Gasteiger partial charge >= 0.3 is 0 Å². The Balaban J connectivity index is 2.42. The molecule has 3 N–H and O–H groups in total. The van der Waals surface area contributed by atoms with Crippen molar-refractivity contribution < 1.29 is 14.3 Å². The SMILES string of the molecule is CC1COCCN1c1ccc(F)cc1C(N)=NO. The van der Waals surface area contributed by atoms with E-state index in [1.54, 1.807) is 6.07 Å². The molecule has 1 saturated heterocycles. The molecule has 0 spiro atoms. The van der Waals surface area contributed by atoms with Crippen molar-refractivity contribution in [3.05, 3.63) is 29.6 Å². The zero-order chi connectivity index (χ0) is 13.1. The molecule has 0 amide bonds. The molecular formula is C12H16FN3O2. The highest BCUT2D eigenvalue weighted by atomic mass is 19.1. The lowest BCUT2D eigenvalue weighted by Gasteiger charge is -2.36. The number of rotatable bonds is 2. The first-order valence-electron chi connectivity index (χ1n) is 5.75. The standard InChI is InChI=1S/C12H16FN3O2/c1-8-7-18-5-4-16(8)11-3-2-9(13)6-10(11)12(14)15-17/h2-3,6,8,17H,4-5,7H2,1H3,(H2,14,15). The van der Waals surface area contributed by atoms with Gasteiger partial charge in [0.15, 0.2) is 5.84 Å². The summed E-state index contributed by atoms with van der Waals surface area (Å²) >= 11 is 0. The molecule has 1 aromatic rings. The number of amidine groups is 1. The van der Waals surface area contributed by atoms with Crippen molar-refractivity contribution in [3.63, 3.8) is 0 Å². The van der Waals surface area contributed by atoms with Crippen molar-refractivity contribution in [2.75, 3.05) is 24.7 Å². The molecule has 1 aromatic carbocycles. The van der Waals surface area contributed by atoms with Crippen LogP contribution in [0.4, 0.5) is 10.1 Å². The van der Waals surface area contributed by atoms with Crippen LogP contribution in [0.2, 0.25) is 0 Å². The number of ether oxygens (including phenoxy) is 1. The number of benzene rings is 1. The summed E-state index contributed by atoms with van der Waals surface area (Å²) in [4.78, 5) is 2.07. The number of oxime groups is 1. The Labute approximate surface area is 105 Å². The molecule has 0 saturated carbocycles. The first kappa shape index (κ1) is 12.6. The van der Waals surface area contributed by atoms with Gasteiger partial charge in [0.25, 0.3) is 0 Å². The topological polar surface area (TPSA) is 71.1 Å². The smallest absolute Gasteiger partial charge is 0.172 e. The van der Waals surface area contributed by atoms with E-state index in [9.17, 15) is 4.39 Å². The second-order valence-corrected chi connectivity index (χ2v) is 4.26. The molecule has 1 aliphatic heterocycles. The van der Waals surface area contributed by atoms with E-state index >= 15 is 0 Å². The van der Waals surface area contributed by atoms with Gasteiger partial charge in [0.05, 0.1) is 13.2 Å². The van der Waals surface area contributed by atoms with Crippen molar-refractivity contribution in [2.45, 2.75) is 13.0 Å². The summed E-state index contributed by atoms with van der Waals surface area (Å²) in [5.74, 6) is -0.510. The van der Waals surface area contributed by atoms with Gasteiger partial charge in [0, 0.05) is 23.8 Å². The fraction of sp³-hybridized carbons (Fsp3) is 0.417. The molecular weight excluding hydrogens is 237 g/mol. The normalized spacial score (nSPS) is 21.1. The number of nitrogens with two attached hydrogens (primary N) is 1. The first-order valence-corrected chi connectivity index (χ1v) is 5.75. The van der Waals surface area contributed by atoms with Gasteiger partial charge in [-0.15, -0.1) is 0 Å². The van der Waals surface area contributed by atoms with Gasteiger partial charge in [-0.3, -0.25) is 0 Å². The van der Waals surface area contributed by atoms with Gasteiger partial charge in [-0.2, -0.15) is 0 Å². The highest BCUT2D eigenvalue weighted by molar-refractivity contribution is 6.02. The van der Waals surface area contributed by atoms with Crippen molar-refractivity contribution in [2.24, 2.45) is 10.9 Å². The molecule has 1 fully saturated rings. The molecule has 2 rings (SSSR count). The maximum atomic E-state index is 13.3. The third-order valence-electron chi connectivity index (χ3n) is 3.02. The van der Waals surface area contributed by atoms with E-state index in [-0.39, 0.29) is 11.9 Å². The van der Waals surface area contributed by atoms with Gasteiger partial charge in [-0.05, 0) is 25.1 Å². The van der Waals surface area contributed by atoms with E-state index in [0.717, 1.165) is 5.69 Å². The molecule has 1 aliphatic rings. The van der Waals surface area contributed by atoms with Crippen molar-refractivity contribution in [1.29, 1.82) is 0 Å². The highest BCUT2D eigenvalue weighted by Gasteiger charge is 2.22. The Morgan fingerprint density at radius 1 is 1.61 bits per heavy atom. The lowest BCUT2D eigenvalue weighted by molar-refractivity contribution is 0.0989. The number of anilines is 1. The summed E-state index contributed by atoms with van der Waals surface area (Å²) in [5, 5.41) is 11.7. The van der Waals surface area contributed by atoms with Crippen LogP contribution in [0.5, 0.6) is 0 Å². The number of hydrogen-bond donors (Lipinski definition) is 2. The molecule has 1 unspecified atom stereocenters. The van der Waals surface area contributed by atoms with Crippen molar-refractivity contribution in [1.82, 2.24) is 0 Å². The number of morpholine rings is 1. The molecule has 1 heterocycles. The fourth-order valence-corrected chi connectivity index (χ4v) is 2.10. The lowest BCUT2D eigenvalue weighted by atomic mass is 10.1. The van der Waals surface area contributed by atoms with Crippen LogP contribution < -0.4 is 10.6 Å². The Hall–Kier alpha value is -1.82. The second kappa shape index (κ2) is 5.22. The lowest BCUT2D eigenvalue weighted by Crippen LogP contribution is -2.44. The van der Waals surface area contributed by atoms with Crippen molar-refractivity contribution in [3.8, 4) is 0 Å². The second-order valence-electron chi connectivity index (χ2n) is 4.26. The molecule has 0 radical (unpaired) electrons. The summed E-state index contributed by atoms with van der Waals surface area (Å²) in [6.45, 7) is 3.92. The highest BCUT2D eigenvalue weighted by Crippen LogP contribution is 2.25. The predicted molar refractivity (Wildman–Crippen MR) is 66.5 cm³/mol. The summed E-state index contributed by atoms with van der Waals surface area (Å²) in [7, 11) is 0. The molecule has 0 bridgehead atoms. The minimum atomic E-state index is -0.415. The average molecular weight is 253 g/mol. The molecule has 6 heteroatoms. The maximum Gasteiger partial charge on any atom is 0.172 e. The molecule has 98 valence electrons. The first-order chi connectivity index (χ1) is 8.63. The van der Waals surface area contributed by atoms with Gasteiger partial charge in [0.2, 0.25) is 0 Å². The van der Waals surface area contributed by atoms with Crippen LogP contribution in [-0.2, 0) is 4.74 Å². The minimum Gasteiger partial charge on any atom is -0.409 e. The van der Waals surface area contributed by atoms with Crippen LogP contribution in [0.3, 0.4) is 0 Å². The monoisotopic (exact) mass is 253 g/mol. The van der Waals surface area contributed by atoms with Gasteiger partial charge < -0.3 is 20.6 Å². The van der Waals surface area contributed by atoms with E-state index in [1.165, 1.54) is 12.1 Å².